The van der Waals surface area contributed by atoms with Gasteiger partial charge < -0.3 is 15.4 Å². The number of amides is 1. The summed E-state index contributed by atoms with van der Waals surface area (Å²) in [6.45, 7) is 2.48. The molecule has 0 saturated carbocycles. The predicted octanol–water partition coefficient (Wildman–Crippen LogP) is 2.40. The third-order valence-corrected chi connectivity index (χ3v) is 2.72. The van der Waals surface area contributed by atoms with Gasteiger partial charge in [0.15, 0.2) is 0 Å². The topological polar surface area (TPSA) is 87.0 Å². The zero-order valence-corrected chi connectivity index (χ0v) is 12.2. The summed E-state index contributed by atoms with van der Waals surface area (Å²) in [6.07, 6.45) is 1.51. The molecule has 1 heterocycles. The minimum atomic E-state index is -0.120. The first-order valence-electron chi connectivity index (χ1n) is 6.78. The highest BCUT2D eigenvalue weighted by Gasteiger charge is 1.99. The molecule has 2 rings (SSSR count). The molecule has 6 heteroatoms. The second-order valence-corrected chi connectivity index (χ2v) is 4.53. The fraction of sp³-hybridized carbons (Fsp3) is 0.188. The van der Waals surface area contributed by atoms with Crippen LogP contribution in [0.2, 0.25) is 0 Å². The van der Waals surface area contributed by atoms with Crippen molar-refractivity contribution >= 4 is 17.4 Å². The van der Waals surface area contributed by atoms with Crippen molar-refractivity contribution in [1.29, 1.82) is 5.26 Å². The molecule has 0 fully saturated rings. The number of pyridine rings is 1. The van der Waals surface area contributed by atoms with E-state index in [2.05, 4.69) is 15.6 Å². The van der Waals surface area contributed by atoms with Crippen LogP contribution in [0, 0.1) is 11.3 Å². The van der Waals surface area contributed by atoms with Gasteiger partial charge >= 0.3 is 0 Å². The Morgan fingerprint density at radius 3 is 2.91 bits per heavy atom. The molecule has 0 atom stereocenters. The number of hydrogen-bond donors (Lipinski definition) is 2. The van der Waals surface area contributed by atoms with E-state index in [1.807, 2.05) is 18.2 Å². The molecular weight excluding hydrogens is 280 g/mol. The first-order valence-corrected chi connectivity index (χ1v) is 6.78. The molecule has 0 unspecified atom stereocenters. The predicted molar refractivity (Wildman–Crippen MR) is 83.7 cm³/mol. The molecule has 1 aromatic heterocycles. The number of anilines is 2. The van der Waals surface area contributed by atoms with Gasteiger partial charge in [0.2, 0.25) is 5.91 Å². The largest absolute Gasteiger partial charge is 0.492 e. The van der Waals surface area contributed by atoms with Gasteiger partial charge in [0, 0.05) is 24.9 Å². The number of benzene rings is 1. The Bertz CT molecular complexity index is 677. The number of rotatable bonds is 6. The normalized spacial score (nSPS) is 9.64. The fourth-order valence-corrected chi connectivity index (χ4v) is 1.78. The van der Waals surface area contributed by atoms with Gasteiger partial charge in [0.1, 0.15) is 24.2 Å². The van der Waals surface area contributed by atoms with Crippen molar-refractivity contribution in [2.75, 3.05) is 23.8 Å². The van der Waals surface area contributed by atoms with E-state index in [0.29, 0.717) is 36.0 Å². The fourth-order valence-electron chi connectivity index (χ4n) is 1.78. The number of nitriles is 1. The smallest absolute Gasteiger partial charge is 0.221 e. The minimum absolute atomic E-state index is 0.120. The average Bonchev–Trinajstić information content (AvgIpc) is 2.52. The number of nitrogens with one attached hydrogen (secondary N) is 2. The molecule has 2 N–H and O–H groups in total. The van der Waals surface area contributed by atoms with Crippen LogP contribution in [0.4, 0.5) is 11.5 Å². The van der Waals surface area contributed by atoms with Gasteiger partial charge in [-0.2, -0.15) is 5.26 Å². The first kappa shape index (κ1) is 15.3. The van der Waals surface area contributed by atoms with Crippen molar-refractivity contribution in [3.63, 3.8) is 0 Å². The highest BCUT2D eigenvalue weighted by atomic mass is 16.5. The van der Waals surface area contributed by atoms with E-state index in [4.69, 9.17) is 10.00 Å². The van der Waals surface area contributed by atoms with Crippen LogP contribution in [0.5, 0.6) is 5.75 Å². The highest BCUT2D eigenvalue weighted by Crippen LogP contribution is 2.17. The van der Waals surface area contributed by atoms with Crippen LogP contribution < -0.4 is 15.4 Å². The summed E-state index contributed by atoms with van der Waals surface area (Å²) >= 11 is 0. The van der Waals surface area contributed by atoms with Crippen LogP contribution in [-0.2, 0) is 4.79 Å². The van der Waals surface area contributed by atoms with Gasteiger partial charge in [0.05, 0.1) is 12.1 Å². The summed E-state index contributed by atoms with van der Waals surface area (Å²) in [4.78, 5) is 15.1. The van der Waals surface area contributed by atoms with E-state index in [1.165, 1.54) is 13.1 Å². The van der Waals surface area contributed by atoms with Crippen LogP contribution in [0.15, 0.2) is 42.6 Å². The lowest BCUT2D eigenvalue weighted by molar-refractivity contribution is -0.114. The van der Waals surface area contributed by atoms with Crippen LogP contribution in [0.1, 0.15) is 12.5 Å². The Hall–Kier alpha value is -3.07. The molecule has 0 saturated heterocycles. The Kier molecular flexibility index (Phi) is 5.32. The van der Waals surface area contributed by atoms with E-state index in [1.54, 1.807) is 24.3 Å². The first-order chi connectivity index (χ1) is 10.7. The number of nitrogens with zero attached hydrogens (tertiary/aromatic N) is 2. The van der Waals surface area contributed by atoms with E-state index >= 15 is 0 Å². The summed E-state index contributed by atoms with van der Waals surface area (Å²) < 4.78 is 5.60. The average molecular weight is 296 g/mol. The number of ether oxygens (including phenoxy) is 1. The lowest BCUT2D eigenvalue weighted by atomic mass is 10.3. The maximum Gasteiger partial charge on any atom is 0.221 e. The highest BCUT2D eigenvalue weighted by molar-refractivity contribution is 5.88. The summed E-state index contributed by atoms with van der Waals surface area (Å²) in [5.74, 6) is 1.25. The standard InChI is InChI=1S/C16H16N4O2/c1-12(21)20-14-3-2-4-15(9-14)22-8-7-18-16-6-5-13(10-17)11-19-16/h2-6,9,11H,7-8H2,1H3,(H,18,19)(H,20,21). The molecule has 0 spiro atoms. The van der Waals surface area contributed by atoms with Crippen LogP contribution in [-0.4, -0.2) is 24.0 Å². The second-order valence-electron chi connectivity index (χ2n) is 4.53. The van der Waals surface area contributed by atoms with E-state index in [9.17, 15) is 4.79 Å². The van der Waals surface area contributed by atoms with Gasteiger partial charge in [-0.1, -0.05) is 6.07 Å². The maximum absolute atomic E-state index is 11.0. The van der Waals surface area contributed by atoms with Crippen LogP contribution in [0.3, 0.4) is 0 Å². The Labute approximate surface area is 128 Å². The molecular formula is C16H16N4O2. The zero-order chi connectivity index (χ0) is 15.8. The quantitative estimate of drug-likeness (QED) is 0.799. The molecule has 112 valence electrons. The lowest BCUT2D eigenvalue weighted by Crippen LogP contribution is -2.12. The molecule has 0 aliphatic heterocycles. The monoisotopic (exact) mass is 296 g/mol. The number of hydrogen-bond acceptors (Lipinski definition) is 5. The van der Waals surface area contributed by atoms with Crippen molar-refractivity contribution < 1.29 is 9.53 Å². The number of aromatic nitrogens is 1. The van der Waals surface area contributed by atoms with Crippen molar-refractivity contribution in [3.8, 4) is 11.8 Å². The summed E-state index contributed by atoms with van der Waals surface area (Å²) in [5.41, 5.74) is 1.23. The van der Waals surface area contributed by atoms with Crippen molar-refractivity contribution in [2.24, 2.45) is 0 Å². The SMILES string of the molecule is CC(=O)Nc1cccc(OCCNc2ccc(C#N)cn2)c1. The van der Waals surface area contributed by atoms with Crippen LogP contribution >= 0.6 is 0 Å². The second kappa shape index (κ2) is 7.64. The van der Waals surface area contributed by atoms with Crippen molar-refractivity contribution in [2.45, 2.75) is 6.92 Å². The van der Waals surface area contributed by atoms with Crippen molar-refractivity contribution in [1.82, 2.24) is 4.98 Å². The zero-order valence-electron chi connectivity index (χ0n) is 12.2. The van der Waals surface area contributed by atoms with Gasteiger partial charge in [-0.05, 0) is 24.3 Å². The van der Waals surface area contributed by atoms with Gasteiger partial charge in [-0.15, -0.1) is 0 Å². The summed E-state index contributed by atoms with van der Waals surface area (Å²) in [5, 5.41) is 14.5. The van der Waals surface area contributed by atoms with E-state index < -0.39 is 0 Å². The summed E-state index contributed by atoms with van der Waals surface area (Å²) in [6, 6.07) is 12.7. The molecule has 2 aromatic rings. The summed E-state index contributed by atoms with van der Waals surface area (Å²) in [7, 11) is 0. The maximum atomic E-state index is 11.0. The molecule has 0 aliphatic carbocycles. The Balaban J connectivity index is 1.78. The molecule has 1 aromatic carbocycles. The minimum Gasteiger partial charge on any atom is -0.492 e. The molecule has 6 nitrogen and oxygen atoms in total. The molecule has 0 radical (unpaired) electrons. The number of carbonyl (C=O) groups is 1. The van der Waals surface area contributed by atoms with Crippen molar-refractivity contribution in [3.05, 3.63) is 48.2 Å². The third-order valence-electron chi connectivity index (χ3n) is 2.72. The Morgan fingerprint density at radius 1 is 1.36 bits per heavy atom. The Morgan fingerprint density at radius 2 is 2.23 bits per heavy atom. The van der Waals surface area contributed by atoms with Gasteiger partial charge in [0.25, 0.3) is 0 Å². The van der Waals surface area contributed by atoms with Gasteiger partial charge in [-0.3, -0.25) is 4.79 Å². The van der Waals surface area contributed by atoms with Crippen LogP contribution in [0.25, 0.3) is 0 Å². The third kappa shape index (κ3) is 4.80. The molecule has 0 aliphatic rings. The van der Waals surface area contributed by atoms with E-state index in [-0.39, 0.29) is 5.91 Å². The molecule has 22 heavy (non-hydrogen) atoms. The molecule has 0 bridgehead atoms. The number of carbonyl (C=O) groups excluding carboxylic acids is 1. The lowest BCUT2D eigenvalue weighted by Gasteiger charge is -2.09. The molecule has 1 amide bonds. The van der Waals surface area contributed by atoms with E-state index in [0.717, 1.165) is 0 Å². The van der Waals surface area contributed by atoms with Gasteiger partial charge in [-0.25, -0.2) is 4.98 Å².